The average Bonchev–Trinajstić information content (AvgIpc) is 3.23. The minimum absolute atomic E-state index is 0.539. The highest BCUT2D eigenvalue weighted by Crippen LogP contribution is 2.18. The highest BCUT2D eigenvalue weighted by atomic mass is 15.3. The monoisotopic (exact) mass is 322 g/mol. The van der Waals surface area contributed by atoms with Crippen molar-refractivity contribution in [2.45, 2.75) is 20.0 Å². The number of aromatic nitrogens is 4. The van der Waals surface area contributed by atoms with Crippen LogP contribution in [0.3, 0.4) is 0 Å². The zero-order valence-corrected chi connectivity index (χ0v) is 13.8. The van der Waals surface area contributed by atoms with Gasteiger partial charge in [0.05, 0.1) is 17.7 Å². The van der Waals surface area contributed by atoms with Crippen molar-refractivity contribution >= 4 is 5.82 Å². The van der Waals surface area contributed by atoms with Gasteiger partial charge in [0.25, 0.3) is 0 Å². The second-order valence-electron chi connectivity index (χ2n) is 6.33. The summed E-state index contributed by atoms with van der Waals surface area (Å²) in [6.45, 7) is 5.79. The Bertz CT molecular complexity index is 805. The first-order valence-electron chi connectivity index (χ1n) is 8.35. The fourth-order valence-electron chi connectivity index (χ4n) is 3.25. The molecule has 124 valence electrons. The summed E-state index contributed by atoms with van der Waals surface area (Å²) < 4.78 is 4.13. The van der Waals surface area contributed by atoms with Crippen LogP contribution in [0.5, 0.6) is 0 Å². The molecule has 0 saturated carbocycles. The van der Waals surface area contributed by atoms with E-state index in [-0.39, 0.29) is 0 Å². The Balaban J connectivity index is 1.37. The van der Waals surface area contributed by atoms with E-state index < -0.39 is 0 Å². The quantitative estimate of drug-likeness (QED) is 0.756. The number of nitrogens with one attached hydrogen (secondary N) is 2. The molecule has 3 heterocycles. The predicted molar refractivity (Wildman–Crippen MR) is 94.2 cm³/mol. The first-order chi connectivity index (χ1) is 11.8. The van der Waals surface area contributed by atoms with Crippen molar-refractivity contribution in [3.63, 3.8) is 0 Å². The van der Waals surface area contributed by atoms with Gasteiger partial charge >= 0.3 is 0 Å². The third-order valence-corrected chi connectivity index (χ3v) is 4.43. The molecule has 0 radical (unpaired) electrons. The molecule has 1 aromatic carbocycles. The lowest BCUT2D eigenvalue weighted by atomic mass is 10.1. The van der Waals surface area contributed by atoms with Crippen LogP contribution in [0.2, 0.25) is 0 Å². The predicted octanol–water partition coefficient (Wildman–Crippen LogP) is 2.21. The Morgan fingerprint density at radius 1 is 1.33 bits per heavy atom. The maximum absolute atomic E-state index is 4.53. The van der Waals surface area contributed by atoms with Gasteiger partial charge < -0.3 is 15.2 Å². The summed E-state index contributed by atoms with van der Waals surface area (Å²) in [6, 6.07) is 10.5. The standard InChI is InChI=1S/C18H22N6/c1-14-8-18-21-10-15(12-24(18)22-14)9-20-11-16-4-2-3-5-17(16)23-7-6-19-13-23/h2-8,13,15,20-21H,9-12H2,1H3/t15-/m0/s1. The van der Waals surface area contributed by atoms with Crippen LogP contribution in [0.15, 0.2) is 49.1 Å². The molecule has 4 rings (SSSR count). The van der Waals surface area contributed by atoms with Gasteiger partial charge in [-0.1, -0.05) is 18.2 Å². The third kappa shape index (κ3) is 3.05. The van der Waals surface area contributed by atoms with E-state index in [0.29, 0.717) is 5.92 Å². The normalized spacial score (nSPS) is 16.6. The van der Waals surface area contributed by atoms with Crippen molar-refractivity contribution in [3.05, 3.63) is 60.3 Å². The molecule has 3 aromatic rings. The fourth-order valence-corrected chi connectivity index (χ4v) is 3.25. The van der Waals surface area contributed by atoms with Gasteiger partial charge in [0.1, 0.15) is 5.82 Å². The summed E-state index contributed by atoms with van der Waals surface area (Å²) >= 11 is 0. The molecule has 1 aliphatic rings. The lowest BCUT2D eigenvalue weighted by Crippen LogP contribution is -2.35. The SMILES string of the molecule is Cc1cc2n(n1)C[C@@H](CNCc1ccccc1-n1ccnc1)CN2. The van der Waals surface area contributed by atoms with E-state index in [4.69, 9.17) is 0 Å². The number of para-hydroxylation sites is 1. The molecule has 1 atom stereocenters. The Hall–Kier alpha value is -2.60. The molecule has 0 saturated heterocycles. The van der Waals surface area contributed by atoms with Crippen LogP contribution in [0.4, 0.5) is 5.82 Å². The maximum atomic E-state index is 4.53. The Labute approximate surface area is 141 Å². The first kappa shape index (κ1) is 15.0. The first-order valence-corrected chi connectivity index (χ1v) is 8.35. The molecule has 6 nitrogen and oxygen atoms in total. The second kappa shape index (κ2) is 6.49. The zero-order valence-electron chi connectivity index (χ0n) is 13.8. The number of benzene rings is 1. The number of anilines is 1. The van der Waals surface area contributed by atoms with Crippen LogP contribution in [-0.2, 0) is 13.1 Å². The van der Waals surface area contributed by atoms with Crippen molar-refractivity contribution < 1.29 is 0 Å². The zero-order chi connectivity index (χ0) is 16.4. The van der Waals surface area contributed by atoms with Crippen LogP contribution in [-0.4, -0.2) is 32.4 Å². The van der Waals surface area contributed by atoms with E-state index >= 15 is 0 Å². The van der Waals surface area contributed by atoms with Crippen molar-refractivity contribution in [1.82, 2.24) is 24.6 Å². The summed E-state index contributed by atoms with van der Waals surface area (Å²) in [5.41, 5.74) is 3.52. The Morgan fingerprint density at radius 2 is 2.25 bits per heavy atom. The van der Waals surface area contributed by atoms with Crippen molar-refractivity contribution in [3.8, 4) is 5.69 Å². The van der Waals surface area contributed by atoms with Gasteiger partial charge in [0.15, 0.2) is 0 Å². The number of fused-ring (bicyclic) bond motifs is 1. The summed E-state index contributed by atoms with van der Waals surface area (Å²) in [5.74, 6) is 1.67. The van der Waals surface area contributed by atoms with Gasteiger partial charge in [-0.2, -0.15) is 5.10 Å². The van der Waals surface area contributed by atoms with Crippen LogP contribution in [0, 0.1) is 12.8 Å². The number of aryl methyl sites for hydroxylation is 1. The van der Waals surface area contributed by atoms with Crippen LogP contribution in [0.25, 0.3) is 5.69 Å². The van der Waals surface area contributed by atoms with E-state index in [9.17, 15) is 0 Å². The van der Waals surface area contributed by atoms with E-state index in [1.165, 1.54) is 11.3 Å². The molecule has 0 unspecified atom stereocenters. The molecule has 2 N–H and O–H groups in total. The molecule has 0 aliphatic carbocycles. The molecule has 0 amide bonds. The van der Waals surface area contributed by atoms with Crippen molar-refractivity contribution in [1.29, 1.82) is 0 Å². The number of hydrogen-bond acceptors (Lipinski definition) is 4. The number of rotatable bonds is 5. The molecule has 0 spiro atoms. The number of imidazole rings is 1. The minimum Gasteiger partial charge on any atom is -0.370 e. The second-order valence-corrected chi connectivity index (χ2v) is 6.33. The molecule has 0 fully saturated rings. The number of nitrogens with zero attached hydrogens (tertiary/aromatic N) is 4. The summed E-state index contributed by atoms with van der Waals surface area (Å²) in [4.78, 5) is 4.14. The lowest BCUT2D eigenvalue weighted by Gasteiger charge is -2.25. The fraction of sp³-hybridized carbons (Fsp3) is 0.333. The van der Waals surface area contributed by atoms with E-state index in [0.717, 1.165) is 37.7 Å². The Kier molecular flexibility index (Phi) is 4.04. The van der Waals surface area contributed by atoms with Gasteiger partial charge in [-0.3, -0.25) is 0 Å². The van der Waals surface area contributed by atoms with Crippen LogP contribution in [0.1, 0.15) is 11.3 Å². The highest BCUT2D eigenvalue weighted by Gasteiger charge is 2.18. The minimum atomic E-state index is 0.539. The smallest absolute Gasteiger partial charge is 0.124 e. The third-order valence-electron chi connectivity index (χ3n) is 4.43. The average molecular weight is 322 g/mol. The van der Waals surface area contributed by atoms with Gasteiger partial charge in [-0.25, -0.2) is 9.67 Å². The highest BCUT2D eigenvalue weighted by molar-refractivity contribution is 5.41. The topological polar surface area (TPSA) is 59.7 Å². The van der Waals surface area contributed by atoms with Gasteiger partial charge in [0.2, 0.25) is 0 Å². The van der Waals surface area contributed by atoms with E-state index in [1.54, 1.807) is 0 Å². The summed E-state index contributed by atoms with van der Waals surface area (Å²) in [5, 5.41) is 11.6. The molecular formula is C18H22N6. The van der Waals surface area contributed by atoms with Crippen molar-refractivity contribution in [2.75, 3.05) is 18.4 Å². The molecule has 6 heteroatoms. The lowest BCUT2D eigenvalue weighted by molar-refractivity contribution is 0.390. The number of hydrogen-bond donors (Lipinski definition) is 2. The summed E-state index contributed by atoms with van der Waals surface area (Å²) in [7, 11) is 0. The molecule has 1 aliphatic heterocycles. The molecule has 24 heavy (non-hydrogen) atoms. The van der Waals surface area contributed by atoms with Crippen molar-refractivity contribution in [2.24, 2.45) is 5.92 Å². The molecular weight excluding hydrogens is 300 g/mol. The van der Waals surface area contributed by atoms with Gasteiger partial charge in [0, 0.05) is 50.6 Å². The van der Waals surface area contributed by atoms with Crippen LogP contribution < -0.4 is 10.6 Å². The maximum Gasteiger partial charge on any atom is 0.124 e. The Morgan fingerprint density at radius 3 is 3.12 bits per heavy atom. The van der Waals surface area contributed by atoms with E-state index in [1.807, 2.05) is 25.6 Å². The summed E-state index contributed by atoms with van der Waals surface area (Å²) in [6.07, 6.45) is 5.62. The molecule has 2 aromatic heterocycles. The largest absolute Gasteiger partial charge is 0.370 e. The van der Waals surface area contributed by atoms with Gasteiger partial charge in [-0.05, 0) is 18.6 Å². The molecule has 0 bridgehead atoms. The van der Waals surface area contributed by atoms with Gasteiger partial charge in [-0.15, -0.1) is 0 Å². The van der Waals surface area contributed by atoms with Crippen LogP contribution >= 0.6 is 0 Å². The van der Waals surface area contributed by atoms with E-state index in [2.05, 4.69) is 60.3 Å².